The highest BCUT2D eigenvalue weighted by molar-refractivity contribution is 9.09. The van der Waals surface area contributed by atoms with E-state index in [1.54, 1.807) is 0 Å². The van der Waals surface area contributed by atoms with Gasteiger partial charge in [-0.1, -0.05) is 15.9 Å². The zero-order valence-corrected chi connectivity index (χ0v) is 14.7. The summed E-state index contributed by atoms with van der Waals surface area (Å²) in [6, 6.07) is 0. The molecule has 0 bridgehead atoms. The Morgan fingerprint density at radius 2 is 1.92 bits per heavy atom. The SMILES string of the molecule is COC(=O)c1c(C(F)F)nc(C(F)(F)F)c(NC(=O)CCCBr)c1C. The van der Waals surface area contributed by atoms with E-state index in [9.17, 15) is 31.5 Å². The van der Waals surface area contributed by atoms with Crippen molar-refractivity contribution < 1.29 is 36.3 Å². The van der Waals surface area contributed by atoms with Crippen LogP contribution < -0.4 is 5.32 Å². The van der Waals surface area contributed by atoms with Gasteiger partial charge in [-0.05, 0) is 18.9 Å². The number of anilines is 1. The molecule has 0 saturated carbocycles. The topological polar surface area (TPSA) is 68.3 Å². The van der Waals surface area contributed by atoms with Crippen LogP contribution in [-0.2, 0) is 15.7 Å². The number of rotatable bonds is 6. The molecule has 0 aliphatic heterocycles. The van der Waals surface area contributed by atoms with Crippen LogP contribution >= 0.6 is 15.9 Å². The lowest BCUT2D eigenvalue weighted by Crippen LogP contribution is -2.23. The maximum absolute atomic E-state index is 13.2. The summed E-state index contributed by atoms with van der Waals surface area (Å²) < 4.78 is 70.2. The number of carbonyl (C=O) groups is 2. The lowest BCUT2D eigenvalue weighted by molar-refractivity contribution is -0.140. The predicted molar refractivity (Wildman–Crippen MR) is 81.9 cm³/mol. The van der Waals surface area contributed by atoms with Crippen LogP contribution in [-0.4, -0.2) is 29.3 Å². The van der Waals surface area contributed by atoms with Gasteiger partial charge in [-0.25, -0.2) is 18.6 Å². The van der Waals surface area contributed by atoms with Crippen LogP contribution in [0.2, 0.25) is 0 Å². The minimum atomic E-state index is -5.11. The minimum absolute atomic E-state index is 0.105. The van der Waals surface area contributed by atoms with Gasteiger partial charge in [-0.15, -0.1) is 0 Å². The van der Waals surface area contributed by atoms with Crippen molar-refractivity contribution in [2.75, 3.05) is 17.8 Å². The highest BCUT2D eigenvalue weighted by Crippen LogP contribution is 2.39. The molecule has 1 rings (SSSR count). The van der Waals surface area contributed by atoms with Crippen molar-refractivity contribution in [3.05, 3.63) is 22.5 Å². The number of halogens is 6. The van der Waals surface area contributed by atoms with Crippen LogP contribution in [0.4, 0.5) is 27.6 Å². The van der Waals surface area contributed by atoms with Crippen molar-refractivity contribution in [2.24, 2.45) is 0 Å². The molecule has 0 unspecified atom stereocenters. The highest BCUT2D eigenvalue weighted by Gasteiger charge is 2.40. The molecule has 1 amide bonds. The summed E-state index contributed by atoms with van der Waals surface area (Å²) in [6.07, 6.45) is -8.31. The quantitative estimate of drug-likeness (QED) is 0.414. The summed E-state index contributed by atoms with van der Waals surface area (Å²) in [6.45, 7) is 1.01. The average Bonchev–Trinajstić information content (AvgIpc) is 2.52. The number of esters is 1. The van der Waals surface area contributed by atoms with Gasteiger partial charge in [0.05, 0.1) is 18.4 Å². The number of aromatic nitrogens is 1. The van der Waals surface area contributed by atoms with Crippen LogP contribution in [0, 0.1) is 6.92 Å². The van der Waals surface area contributed by atoms with Gasteiger partial charge in [0.1, 0.15) is 5.69 Å². The van der Waals surface area contributed by atoms with Gasteiger partial charge >= 0.3 is 12.1 Å². The first kappa shape index (κ1) is 21.3. The normalized spacial score (nSPS) is 11.6. The molecule has 25 heavy (non-hydrogen) atoms. The van der Waals surface area contributed by atoms with Crippen LogP contribution in [0.15, 0.2) is 0 Å². The molecule has 0 saturated heterocycles. The third kappa shape index (κ3) is 5.10. The van der Waals surface area contributed by atoms with E-state index in [0.717, 1.165) is 14.0 Å². The summed E-state index contributed by atoms with van der Waals surface area (Å²) in [5.74, 6) is -2.04. The van der Waals surface area contributed by atoms with E-state index in [1.165, 1.54) is 0 Å². The van der Waals surface area contributed by atoms with Gasteiger partial charge in [0.25, 0.3) is 6.43 Å². The van der Waals surface area contributed by atoms with Crippen molar-refractivity contribution in [3.63, 3.8) is 0 Å². The van der Waals surface area contributed by atoms with Crippen LogP contribution in [0.5, 0.6) is 0 Å². The van der Waals surface area contributed by atoms with Crippen molar-refractivity contribution in [1.29, 1.82) is 0 Å². The van der Waals surface area contributed by atoms with E-state index in [-0.39, 0.29) is 6.42 Å². The smallest absolute Gasteiger partial charge is 0.435 e. The number of hydrogen-bond acceptors (Lipinski definition) is 4. The zero-order chi connectivity index (χ0) is 19.4. The van der Waals surface area contributed by atoms with Crippen molar-refractivity contribution in [2.45, 2.75) is 32.4 Å². The fourth-order valence-corrected chi connectivity index (χ4v) is 2.31. The van der Waals surface area contributed by atoms with Gasteiger partial charge in [-0.2, -0.15) is 13.2 Å². The number of ether oxygens (including phenoxy) is 1. The Balaban J connectivity index is 3.60. The molecule has 0 aliphatic rings. The molecule has 0 aromatic carbocycles. The van der Waals surface area contributed by atoms with Gasteiger partial charge < -0.3 is 10.1 Å². The first-order chi connectivity index (χ1) is 11.5. The fourth-order valence-electron chi connectivity index (χ4n) is 2.03. The van der Waals surface area contributed by atoms with Crippen molar-refractivity contribution >= 4 is 33.5 Å². The predicted octanol–water partition coefficient (Wildman–Crippen LogP) is 4.25. The van der Waals surface area contributed by atoms with Crippen molar-refractivity contribution in [1.82, 2.24) is 4.98 Å². The van der Waals surface area contributed by atoms with E-state index in [1.807, 2.05) is 5.32 Å². The standard InChI is InChI=1S/C14H14BrF5N2O3/c1-6-8(13(24)25-2)10(12(16)17)22-11(14(18,19)20)9(6)21-7(23)4-3-5-15/h12H,3-5H2,1-2H3,(H,21,23). The molecular formula is C14H14BrF5N2O3. The fraction of sp³-hybridized carbons (Fsp3) is 0.500. The summed E-state index contributed by atoms with van der Waals surface area (Å²) >= 11 is 3.07. The van der Waals surface area contributed by atoms with Gasteiger partial charge in [0, 0.05) is 11.8 Å². The van der Waals surface area contributed by atoms with Gasteiger partial charge in [0.2, 0.25) is 5.91 Å². The minimum Gasteiger partial charge on any atom is -0.465 e. The summed E-state index contributed by atoms with van der Waals surface area (Å²) in [4.78, 5) is 26.4. The molecule has 1 N–H and O–H groups in total. The molecule has 0 aliphatic carbocycles. The molecule has 1 aromatic rings. The van der Waals surface area contributed by atoms with E-state index in [4.69, 9.17) is 0 Å². The molecule has 1 aromatic heterocycles. The molecule has 0 radical (unpaired) electrons. The Hall–Kier alpha value is -1.78. The summed E-state index contributed by atoms with van der Waals surface area (Å²) in [5.41, 5.74) is -5.18. The summed E-state index contributed by atoms with van der Waals surface area (Å²) in [5, 5.41) is 2.46. The van der Waals surface area contributed by atoms with E-state index in [0.29, 0.717) is 11.8 Å². The lowest BCUT2D eigenvalue weighted by atomic mass is 10.0. The van der Waals surface area contributed by atoms with Crippen LogP contribution in [0.3, 0.4) is 0 Å². The van der Waals surface area contributed by atoms with E-state index >= 15 is 0 Å². The third-order valence-electron chi connectivity index (χ3n) is 3.14. The second-order valence-corrected chi connectivity index (χ2v) is 5.64. The van der Waals surface area contributed by atoms with Crippen LogP contribution in [0.1, 0.15) is 46.6 Å². The number of nitrogens with one attached hydrogen (secondary N) is 1. The van der Waals surface area contributed by atoms with Crippen LogP contribution in [0.25, 0.3) is 0 Å². The number of nitrogens with zero attached hydrogens (tertiary/aromatic N) is 1. The maximum Gasteiger partial charge on any atom is 0.435 e. The second kappa shape index (κ2) is 8.54. The highest BCUT2D eigenvalue weighted by atomic mass is 79.9. The van der Waals surface area contributed by atoms with E-state index in [2.05, 4.69) is 25.7 Å². The Morgan fingerprint density at radius 3 is 2.36 bits per heavy atom. The number of hydrogen-bond donors (Lipinski definition) is 1. The Kier molecular flexibility index (Phi) is 7.27. The number of methoxy groups -OCH3 is 1. The lowest BCUT2D eigenvalue weighted by Gasteiger charge is -2.20. The molecule has 0 fully saturated rings. The Labute approximate surface area is 148 Å². The number of amides is 1. The number of alkyl halides is 6. The number of carbonyl (C=O) groups excluding carboxylic acids is 2. The summed E-state index contributed by atoms with van der Waals surface area (Å²) in [7, 11) is 0.892. The maximum atomic E-state index is 13.2. The molecule has 0 atom stereocenters. The largest absolute Gasteiger partial charge is 0.465 e. The molecule has 140 valence electrons. The average molecular weight is 433 g/mol. The third-order valence-corrected chi connectivity index (χ3v) is 3.70. The van der Waals surface area contributed by atoms with Gasteiger partial charge in [-0.3, -0.25) is 4.79 Å². The first-order valence-corrected chi connectivity index (χ1v) is 8.00. The number of pyridine rings is 1. The molecule has 5 nitrogen and oxygen atoms in total. The Bertz CT molecular complexity index is 665. The monoisotopic (exact) mass is 432 g/mol. The molecule has 11 heteroatoms. The molecular weight excluding hydrogens is 419 g/mol. The van der Waals surface area contributed by atoms with Gasteiger partial charge in [0.15, 0.2) is 5.69 Å². The molecule has 1 heterocycles. The zero-order valence-electron chi connectivity index (χ0n) is 13.1. The van der Waals surface area contributed by atoms with Crippen molar-refractivity contribution in [3.8, 4) is 0 Å². The Morgan fingerprint density at radius 1 is 1.32 bits per heavy atom. The first-order valence-electron chi connectivity index (χ1n) is 6.88. The molecule has 0 spiro atoms. The second-order valence-electron chi connectivity index (χ2n) is 4.85. The van der Waals surface area contributed by atoms with E-state index < -0.39 is 52.7 Å².